The second-order valence-electron chi connectivity index (χ2n) is 3.99. The maximum atomic E-state index is 5.53. The Morgan fingerprint density at radius 1 is 0.812 bits per heavy atom. The number of rotatable bonds is 4. The van der Waals surface area contributed by atoms with Gasteiger partial charge in [-0.05, 0) is 11.8 Å². The lowest BCUT2D eigenvalue weighted by atomic mass is 10.3. The van der Waals surface area contributed by atoms with E-state index in [-0.39, 0.29) is 11.7 Å². The fraction of sp³-hybridized carbons (Fsp3) is 0.600. The van der Waals surface area contributed by atoms with Crippen molar-refractivity contribution < 1.29 is 0 Å². The smallest absolute Gasteiger partial charge is 0.190 e. The van der Waals surface area contributed by atoms with Crippen LogP contribution in [0.2, 0.25) is 0 Å². The third-order valence-corrected chi connectivity index (χ3v) is 1.32. The highest BCUT2D eigenvalue weighted by Gasteiger charge is 1.97. The Kier molecular flexibility index (Phi) is 6.74. The van der Waals surface area contributed by atoms with E-state index in [0.717, 1.165) is 0 Å². The minimum absolute atomic E-state index is 0.0674. The van der Waals surface area contributed by atoms with Crippen molar-refractivity contribution in [3.63, 3.8) is 0 Å². The molecule has 0 radical (unpaired) electrons. The van der Waals surface area contributed by atoms with Gasteiger partial charge < -0.3 is 11.5 Å². The highest BCUT2D eigenvalue weighted by molar-refractivity contribution is 6.39. The van der Waals surface area contributed by atoms with Crippen LogP contribution in [-0.4, -0.2) is 24.1 Å². The summed E-state index contributed by atoms with van der Waals surface area (Å²) in [6, 6.07) is 0. The van der Waals surface area contributed by atoms with Crippen LogP contribution in [0.3, 0.4) is 0 Å². The van der Waals surface area contributed by atoms with Gasteiger partial charge in [-0.2, -0.15) is 10.2 Å². The fourth-order valence-corrected chi connectivity index (χ4v) is 0.560. The molecule has 0 spiro atoms. The molecule has 0 bridgehead atoms. The van der Waals surface area contributed by atoms with Gasteiger partial charge in [0, 0.05) is 12.4 Å². The molecule has 6 heteroatoms. The molecule has 90 valence electrons. The zero-order valence-corrected chi connectivity index (χ0v) is 10.3. The summed E-state index contributed by atoms with van der Waals surface area (Å²) in [5.41, 5.74) is 11.1. The number of hydrogen-bond acceptors (Lipinski definition) is 4. The van der Waals surface area contributed by atoms with Crippen molar-refractivity contribution in [2.75, 3.05) is 0 Å². The van der Waals surface area contributed by atoms with Gasteiger partial charge in [-0.15, -0.1) is 10.2 Å². The second-order valence-corrected chi connectivity index (χ2v) is 3.99. The van der Waals surface area contributed by atoms with E-state index in [2.05, 4.69) is 20.4 Å². The minimum Gasteiger partial charge on any atom is -0.379 e. The highest BCUT2D eigenvalue weighted by Crippen LogP contribution is 1.87. The Hall–Kier alpha value is -1.72. The topological polar surface area (TPSA) is 101 Å². The van der Waals surface area contributed by atoms with Crippen molar-refractivity contribution in [2.45, 2.75) is 27.7 Å². The summed E-state index contributed by atoms with van der Waals surface area (Å²) in [5, 5.41) is 14.9. The van der Waals surface area contributed by atoms with Crippen LogP contribution in [0.5, 0.6) is 0 Å². The molecule has 0 rings (SSSR count). The van der Waals surface area contributed by atoms with Crippen molar-refractivity contribution in [3.8, 4) is 0 Å². The molecule has 0 saturated carbocycles. The first-order chi connectivity index (χ1) is 7.43. The molecule has 0 aliphatic rings. The second kappa shape index (κ2) is 7.56. The molecule has 16 heavy (non-hydrogen) atoms. The van der Waals surface area contributed by atoms with Crippen LogP contribution in [0.25, 0.3) is 0 Å². The van der Waals surface area contributed by atoms with Crippen LogP contribution in [0.1, 0.15) is 27.7 Å². The first-order valence-corrected chi connectivity index (χ1v) is 5.17. The molecule has 0 aromatic carbocycles. The molecule has 6 nitrogen and oxygen atoms in total. The van der Waals surface area contributed by atoms with E-state index in [1.807, 2.05) is 27.7 Å². The van der Waals surface area contributed by atoms with Gasteiger partial charge >= 0.3 is 0 Å². The van der Waals surface area contributed by atoms with Crippen molar-refractivity contribution in [2.24, 2.45) is 43.7 Å². The number of hydrogen-bond donors (Lipinski definition) is 2. The molecule has 0 aromatic heterocycles. The average molecular weight is 224 g/mol. The summed E-state index contributed by atoms with van der Waals surface area (Å²) < 4.78 is 0. The van der Waals surface area contributed by atoms with E-state index in [4.69, 9.17) is 11.5 Å². The van der Waals surface area contributed by atoms with E-state index < -0.39 is 0 Å². The van der Waals surface area contributed by atoms with Crippen molar-refractivity contribution in [1.82, 2.24) is 0 Å². The molecule has 0 fully saturated rings. The lowest BCUT2D eigenvalue weighted by Crippen LogP contribution is -2.30. The third kappa shape index (κ3) is 7.66. The summed E-state index contributed by atoms with van der Waals surface area (Å²) in [6.07, 6.45) is 3.33. The molecule has 0 atom stereocenters. The van der Waals surface area contributed by atoms with Crippen LogP contribution in [0.4, 0.5) is 0 Å². The molecule has 0 saturated heterocycles. The van der Waals surface area contributed by atoms with Crippen molar-refractivity contribution in [3.05, 3.63) is 0 Å². The van der Waals surface area contributed by atoms with E-state index in [0.29, 0.717) is 11.8 Å². The van der Waals surface area contributed by atoms with E-state index in [1.165, 1.54) is 0 Å². The molecular formula is C10H20N6. The Labute approximate surface area is 96.2 Å². The Morgan fingerprint density at radius 3 is 1.38 bits per heavy atom. The molecule has 0 unspecified atom stereocenters. The minimum atomic E-state index is 0.0674. The summed E-state index contributed by atoms with van der Waals surface area (Å²) >= 11 is 0. The van der Waals surface area contributed by atoms with E-state index in [9.17, 15) is 0 Å². The van der Waals surface area contributed by atoms with Gasteiger partial charge in [-0.3, -0.25) is 0 Å². The van der Waals surface area contributed by atoms with Crippen LogP contribution in [-0.2, 0) is 0 Å². The normalized spacial score (nSPS) is 14.9. The highest BCUT2D eigenvalue weighted by atomic mass is 15.3. The third-order valence-electron chi connectivity index (χ3n) is 1.32. The summed E-state index contributed by atoms with van der Waals surface area (Å²) in [5.74, 6) is 0.762. The predicted molar refractivity (Wildman–Crippen MR) is 69.9 cm³/mol. The largest absolute Gasteiger partial charge is 0.379 e. The van der Waals surface area contributed by atoms with Crippen LogP contribution in [0, 0.1) is 11.8 Å². The molecule has 0 amide bonds. The SMILES string of the molecule is CC(C)/C=N/N=C(N)C(N)=N/N=C/C(C)C. The van der Waals surface area contributed by atoms with Gasteiger partial charge in [0.1, 0.15) is 0 Å². The van der Waals surface area contributed by atoms with Gasteiger partial charge in [0.05, 0.1) is 0 Å². The Balaban J connectivity index is 4.42. The fourth-order valence-electron chi connectivity index (χ4n) is 0.560. The first-order valence-electron chi connectivity index (χ1n) is 5.17. The molecule has 0 aromatic rings. The first kappa shape index (κ1) is 14.3. The zero-order valence-electron chi connectivity index (χ0n) is 10.3. The van der Waals surface area contributed by atoms with Gasteiger partial charge in [0.15, 0.2) is 11.7 Å². The number of amidine groups is 2. The standard InChI is InChI=1S/C10H20N6/c1-7(2)5-13-15-9(11)10(12)16-14-6-8(3)4/h5-8H,1-4H3,(H2,11,15)(H2,12,16)/b13-5+,14-6+. The van der Waals surface area contributed by atoms with Gasteiger partial charge in [-0.25, -0.2) is 0 Å². The lowest BCUT2D eigenvalue weighted by molar-refractivity contribution is 0.899. The summed E-state index contributed by atoms with van der Waals surface area (Å²) in [4.78, 5) is 0. The van der Waals surface area contributed by atoms with Crippen LogP contribution >= 0.6 is 0 Å². The molecule has 0 aliphatic heterocycles. The van der Waals surface area contributed by atoms with Crippen molar-refractivity contribution in [1.29, 1.82) is 0 Å². The van der Waals surface area contributed by atoms with E-state index >= 15 is 0 Å². The molecule has 4 N–H and O–H groups in total. The maximum absolute atomic E-state index is 5.53. The molecular weight excluding hydrogens is 204 g/mol. The van der Waals surface area contributed by atoms with Gasteiger partial charge in [0.2, 0.25) is 0 Å². The number of nitrogens with two attached hydrogens (primary N) is 2. The van der Waals surface area contributed by atoms with E-state index in [1.54, 1.807) is 12.4 Å². The monoisotopic (exact) mass is 224 g/mol. The summed E-state index contributed by atoms with van der Waals surface area (Å²) in [6.45, 7) is 7.94. The molecule has 0 aliphatic carbocycles. The van der Waals surface area contributed by atoms with Crippen molar-refractivity contribution >= 4 is 24.1 Å². The van der Waals surface area contributed by atoms with Crippen LogP contribution < -0.4 is 11.5 Å². The predicted octanol–water partition coefficient (Wildman–Crippen LogP) is 0.984. The van der Waals surface area contributed by atoms with Gasteiger partial charge in [-0.1, -0.05) is 27.7 Å². The maximum Gasteiger partial charge on any atom is 0.190 e. The van der Waals surface area contributed by atoms with Gasteiger partial charge in [0.25, 0.3) is 0 Å². The number of nitrogens with zero attached hydrogens (tertiary/aromatic N) is 4. The quantitative estimate of drug-likeness (QED) is 0.422. The Morgan fingerprint density at radius 2 is 1.12 bits per heavy atom. The zero-order chi connectivity index (χ0) is 12.6. The lowest BCUT2D eigenvalue weighted by Gasteiger charge is -1.95. The average Bonchev–Trinajstić information content (AvgIpc) is 2.16. The molecule has 0 heterocycles. The Bertz CT molecular complexity index is 279. The summed E-state index contributed by atoms with van der Waals surface area (Å²) in [7, 11) is 0. The van der Waals surface area contributed by atoms with Crippen LogP contribution in [0.15, 0.2) is 20.4 Å².